The first-order valence-corrected chi connectivity index (χ1v) is 10.6. The quantitative estimate of drug-likeness (QED) is 0.703. The molecule has 24 heavy (non-hydrogen) atoms. The van der Waals surface area contributed by atoms with Gasteiger partial charge in [-0.1, -0.05) is 27.2 Å². The normalized spacial score (nSPS) is 29.6. The molecule has 0 aromatic carbocycles. The summed E-state index contributed by atoms with van der Waals surface area (Å²) in [5.41, 5.74) is 3.93. The summed E-state index contributed by atoms with van der Waals surface area (Å²) in [5, 5.41) is 0. The summed E-state index contributed by atoms with van der Waals surface area (Å²) in [6.45, 7) is 10.1. The van der Waals surface area contributed by atoms with Gasteiger partial charge in [0.2, 0.25) is 0 Å². The van der Waals surface area contributed by atoms with Crippen molar-refractivity contribution in [1.82, 2.24) is 9.88 Å². The number of nitrogens with zero attached hydrogens (tertiary/aromatic N) is 2. The molecule has 3 nitrogen and oxygen atoms in total. The average molecular weight is 351 g/mol. The molecule has 1 saturated carbocycles. The third-order valence-corrected chi connectivity index (χ3v) is 6.86. The number of unbranched alkanes of at least 4 members (excludes halogenated alkanes) is 1. The van der Waals surface area contributed by atoms with Crippen molar-refractivity contribution in [3.8, 4) is 0 Å². The summed E-state index contributed by atoms with van der Waals surface area (Å²) >= 11 is 1.87. The van der Waals surface area contributed by atoms with Crippen LogP contribution in [0.5, 0.6) is 0 Å². The number of ether oxygens (including phenoxy) is 1. The lowest BCUT2D eigenvalue weighted by Gasteiger charge is -2.37. The molecule has 2 fully saturated rings. The van der Waals surface area contributed by atoms with Gasteiger partial charge in [0, 0.05) is 11.4 Å². The lowest BCUT2D eigenvalue weighted by Crippen LogP contribution is -2.33. The zero-order valence-corrected chi connectivity index (χ0v) is 16.8. The van der Waals surface area contributed by atoms with Crippen molar-refractivity contribution in [3.05, 3.63) is 16.1 Å². The smallest absolute Gasteiger partial charge is 0.0798 e. The summed E-state index contributed by atoms with van der Waals surface area (Å²) in [7, 11) is 2.23. The Morgan fingerprint density at radius 3 is 2.71 bits per heavy atom. The van der Waals surface area contributed by atoms with E-state index in [0.717, 1.165) is 13.2 Å². The first kappa shape index (κ1) is 18.3. The van der Waals surface area contributed by atoms with Gasteiger partial charge in [-0.25, -0.2) is 4.98 Å². The highest BCUT2D eigenvalue weighted by Crippen LogP contribution is 2.50. The van der Waals surface area contributed by atoms with E-state index in [1.54, 1.807) is 4.88 Å². The van der Waals surface area contributed by atoms with Crippen molar-refractivity contribution in [1.29, 1.82) is 0 Å². The zero-order valence-electron chi connectivity index (χ0n) is 15.9. The molecule has 0 radical (unpaired) electrons. The lowest BCUT2D eigenvalue weighted by atomic mass is 9.73. The highest BCUT2D eigenvalue weighted by molar-refractivity contribution is 7.09. The Labute approximate surface area is 151 Å². The van der Waals surface area contributed by atoms with Gasteiger partial charge in [0.1, 0.15) is 0 Å². The molecule has 1 saturated heterocycles. The summed E-state index contributed by atoms with van der Waals surface area (Å²) in [6, 6.07) is 0. The predicted octanol–water partition coefficient (Wildman–Crippen LogP) is 5.22. The Hall–Kier alpha value is -0.450. The van der Waals surface area contributed by atoms with Crippen LogP contribution in [0.1, 0.15) is 82.2 Å². The second-order valence-electron chi connectivity index (χ2n) is 8.84. The molecule has 1 aromatic heterocycles. The zero-order chi connectivity index (χ0) is 17.2. The number of aromatic nitrogens is 1. The second kappa shape index (κ2) is 7.43. The molecular weight excluding hydrogens is 316 g/mol. The van der Waals surface area contributed by atoms with Crippen LogP contribution in [0.3, 0.4) is 0 Å². The van der Waals surface area contributed by atoms with Gasteiger partial charge in [-0.3, -0.25) is 0 Å². The van der Waals surface area contributed by atoms with Gasteiger partial charge in [0.25, 0.3) is 0 Å². The van der Waals surface area contributed by atoms with Gasteiger partial charge in [-0.15, -0.1) is 11.3 Å². The fourth-order valence-corrected chi connectivity index (χ4v) is 5.52. The third kappa shape index (κ3) is 4.20. The van der Waals surface area contributed by atoms with E-state index in [1.807, 2.05) is 11.3 Å². The van der Waals surface area contributed by atoms with Crippen LogP contribution in [0.25, 0.3) is 0 Å². The van der Waals surface area contributed by atoms with E-state index < -0.39 is 0 Å². The minimum atomic E-state index is 0.183. The minimum absolute atomic E-state index is 0.183. The van der Waals surface area contributed by atoms with E-state index in [0.29, 0.717) is 11.3 Å². The van der Waals surface area contributed by atoms with Crippen LogP contribution in [-0.2, 0) is 11.3 Å². The first-order valence-electron chi connectivity index (χ1n) is 9.68. The highest BCUT2D eigenvalue weighted by atomic mass is 32.1. The Morgan fingerprint density at radius 1 is 1.33 bits per heavy atom. The van der Waals surface area contributed by atoms with E-state index in [-0.39, 0.29) is 5.60 Å². The molecule has 0 unspecified atom stereocenters. The van der Waals surface area contributed by atoms with Crippen LogP contribution in [0, 0.1) is 5.41 Å². The molecule has 0 amide bonds. The van der Waals surface area contributed by atoms with Gasteiger partial charge in [-0.2, -0.15) is 0 Å². The van der Waals surface area contributed by atoms with Crippen LogP contribution >= 0.6 is 11.3 Å². The summed E-state index contributed by atoms with van der Waals surface area (Å²) in [6.07, 6.45) is 8.76. The van der Waals surface area contributed by atoms with Crippen LogP contribution in [-0.4, -0.2) is 35.7 Å². The van der Waals surface area contributed by atoms with E-state index in [1.165, 1.54) is 57.2 Å². The molecule has 0 atom stereocenters. The lowest BCUT2D eigenvalue weighted by molar-refractivity contribution is -0.0292. The van der Waals surface area contributed by atoms with E-state index in [4.69, 9.17) is 9.72 Å². The van der Waals surface area contributed by atoms with Gasteiger partial charge in [0.05, 0.1) is 23.4 Å². The standard InChI is InChI=1S/C20H34N2OS/c1-5-6-11-22(4)12-17-18(24-15-21-17)16-7-9-20(10-8-16)13-19(2,3)14-23-20/h15-16H,5-14H2,1-4H3. The van der Waals surface area contributed by atoms with Crippen LogP contribution in [0.4, 0.5) is 0 Å². The second-order valence-corrected chi connectivity index (χ2v) is 9.73. The van der Waals surface area contributed by atoms with Crippen molar-refractivity contribution in [2.75, 3.05) is 20.2 Å². The van der Waals surface area contributed by atoms with E-state index in [2.05, 4.69) is 38.2 Å². The Morgan fingerprint density at radius 2 is 2.08 bits per heavy atom. The third-order valence-electron chi connectivity index (χ3n) is 5.82. The van der Waals surface area contributed by atoms with E-state index in [9.17, 15) is 0 Å². The monoisotopic (exact) mass is 350 g/mol. The molecule has 136 valence electrons. The number of rotatable bonds is 6. The summed E-state index contributed by atoms with van der Waals surface area (Å²) < 4.78 is 6.28. The number of hydrogen-bond acceptors (Lipinski definition) is 4. The summed E-state index contributed by atoms with van der Waals surface area (Å²) in [5.74, 6) is 0.699. The SMILES string of the molecule is CCCCN(C)Cc1ncsc1C1CCC2(CC1)CC(C)(C)CO2. The highest BCUT2D eigenvalue weighted by Gasteiger charge is 2.46. The topological polar surface area (TPSA) is 25.4 Å². The maximum absolute atomic E-state index is 6.28. The van der Waals surface area contributed by atoms with Crippen molar-refractivity contribution in [3.63, 3.8) is 0 Å². The Kier molecular flexibility index (Phi) is 5.68. The predicted molar refractivity (Wildman–Crippen MR) is 102 cm³/mol. The number of hydrogen-bond donors (Lipinski definition) is 0. The Balaban J connectivity index is 1.58. The average Bonchev–Trinajstić information content (AvgIpc) is 3.11. The molecule has 1 aliphatic carbocycles. The fourth-order valence-electron chi connectivity index (χ4n) is 4.54. The molecule has 2 aliphatic rings. The van der Waals surface area contributed by atoms with Crippen LogP contribution in [0.2, 0.25) is 0 Å². The van der Waals surface area contributed by atoms with E-state index >= 15 is 0 Å². The Bertz CT molecular complexity index is 531. The van der Waals surface area contributed by atoms with Crippen LogP contribution in [0.15, 0.2) is 5.51 Å². The molecule has 4 heteroatoms. The van der Waals surface area contributed by atoms with Gasteiger partial charge >= 0.3 is 0 Å². The molecule has 0 N–H and O–H groups in total. The largest absolute Gasteiger partial charge is 0.374 e. The molecule has 1 spiro atoms. The van der Waals surface area contributed by atoms with Crippen molar-refractivity contribution >= 4 is 11.3 Å². The van der Waals surface area contributed by atoms with Gasteiger partial charge in [0.15, 0.2) is 0 Å². The van der Waals surface area contributed by atoms with Crippen molar-refractivity contribution in [2.45, 2.75) is 83.8 Å². The van der Waals surface area contributed by atoms with Gasteiger partial charge < -0.3 is 9.64 Å². The number of thiazole rings is 1. The maximum Gasteiger partial charge on any atom is 0.0798 e. The van der Waals surface area contributed by atoms with Crippen LogP contribution < -0.4 is 0 Å². The van der Waals surface area contributed by atoms with Crippen molar-refractivity contribution in [2.24, 2.45) is 5.41 Å². The molecule has 1 aromatic rings. The maximum atomic E-state index is 6.28. The minimum Gasteiger partial charge on any atom is -0.374 e. The molecule has 0 bridgehead atoms. The molecule has 3 rings (SSSR count). The van der Waals surface area contributed by atoms with Gasteiger partial charge in [-0.05, 0) is 63.5 Å². The molecular formula is C20H34N2OS. The molecule has 2 heterocycles. The van der Waals surface area contributed by atoms with Crippen molar-refractivity contribution < 1.29 is 4.74 Å². The molecule has 1 aliphatic heterocycles. The first-order chi connectivity index (χ1) is 11.4. The summed E-state index contributed by atoms with van der Waals surface area (Å²) in [4.78, 5) is 8.67. The fraction of sp³-hybridized carbons (Fsp3) is 0.850.